The Labute approximate surface area is 217 Å². The molecule has 0 spiro atoms. The number of aliphatic hydroxyl groups is 1. The van der Waals surface area contributed by atoms with Crippen LogP contribution in [0.3, 0.4) is 0 Å². The van der Waals surface area contributed by atoms with Crippen molar-refractivity contribution < 1.29 is 94.8 Å². The molecule has 0 bridgehead atoms. The van der Waals surface area contributed by atoms with E-state index in [2.05, 4.69) is 21.2 Å². The Kier molecular flexibility index (Phi) is 28.7. The van der Waals surface area contributed by atoms with Gasteiger partial charge in [-0.25, -0.2) is 4.79 Å². The number of nitrogens with two attached hydrogens (primary N) is 2. The van der Waals surface area contributed by atoms with Gasteiger partial charge >= 0.3 is 47.9 Å². The van der Waals surface area contributed by atoms with Crippen molar-refractivity contribution >= 4 is 35.4 Å². The Morgan fingerprint density at radius 2 is 1.43 bits per heavy atom. The van der Waals surface area contributed by atoms with Gasteiger partial charge in [-0.2, -0.15) is 31.3 Å². The molecule has 0 aromatic rings. The van der Waals surface area contributed by atoms with Crippen molar-refractivity contribution in [3.8, 4) is 0 Å². The van der Waals surface area contributed by atoms with Crippen molar-refractivity contribution in [2.24, 2.45) is 16.5 Å². The number of aliphatic imine (C=N–C) groups is 1. The maximum absolute atomic E-state index is 11.8. The number of aliphatic hydroxyl groups excluding tert-OH is 1. The number of nitrogens with zero attached hydrogens (tertiary/aromatic N) is 1. The number of carbonyl (C=O) groups is 5. The molecule has 0 aromatic heterocycles. The number of amides is 4. The summed E-state index contributed by atoms with van der Waals surface area (Å²) < 4.78 is 72.5. The molecule has 1 heterocycles. The fourth-order valence-electron chi connectivity index (χ4n) is 1.02. The predicted octanol–water partition coefficient (Wildman–Crippen LogP) is -4.18. The SMILES string of the molecule is CCO.CCOC(=O)C(F)(F)F.CC[O-].NC(=O)CC(N)=O.O=C1CC(=O)NC(C(F)(F)F)=N1.[Na+]. The Morgan fingerprint density at radius 1 is 1.06 bits per heavy atom. The molecule has 200 valence electrons. The van der Waals surface area contributed by atoms with Crippen molar-refractivity contribution in [2.45, 2.75) is 46.0 Å². The van der Waals surface area contributed by atoms with E-state index in [9.17, 15) is 50.3 Å². The van der Waals surface area contributed by atoms with Crippen LogP contribution in [0.1, 0.15) is 33.6 Å². The normalized spacial score (nSPS) is 11.9. The number of alkyl halides is 6. The van der Waals surface area contributed by atoms with Crippen LogP contribution in [0.25, 0.3) is 0 Å². The Balaban J connectivity index is -0.000000117. The Hall–Kier alpha value is -2.28. The van der Waals surface area contributed by atoms with Gasteiger partial charge in [0.25, 0.3) is 5.91 Å². The third-order valence-electron chi connectivity index (χ3n) is 1.93. The van der Waals surface area contributed by atoms with Crippen LogP contribution < -0.4 is 51.4 Å². The van der Waals surface area contributed by atoms with Crippen LogP contribution in [0, 0.1) is 0 Å². The second-order valence-electron chi connectivity index (χ2n) is 5.01. The van der Waals surface area contributed by atoms with E-state index in [-0.39, 0.29) is 55.8 Å². The largest absolute Gasteiger partial charge is 1.00 e. The van der Waals surface area contributed by atoms with E-state index in [1.807, 2.05) is 0 Å². The maximum atomic E-state index is 11.8. The molecule has 12 nitrogen and oxygen atoms in total. The van der Waals surface area contributed by atoms with Crippen molar-refractivity contribution in [3.63, 3.8) is 0 Å². The summed E-state index contributed by atoms with van der Waals surface area (Å²) in [4.78, 5) is 52.6. The van der Waals surface area contributed by atoms with E-state index in [4.69, 9.17) is 10.2 Å². The number of amidine groups is 1. The molecule has 1 aliphatic rings. The molecule has 6 N–H and O–H groups in total. The van der Waals surface area contributed by atoms with E-state index >= 15 is 0 Å². The number of primary amides is 2. The maximum Gasteiger partial charge on any atom is 1.00 e. The van der Waals surface area contributed by atoms with E-state index in [1.54, 1.807) is 13.8 Å². The summed E-state index contributed by atoms with van der Waals surface area (Å²) in [5, 5.41) is 18.0. The van der Waals surface area contributed by atoms with Crippen LogP contribution in [0.15, 0.2) is 4.99 Å². The molecule has 0 aromatic carbocycles. The summed E-state index contributed by atoms with van der Waals surface area (Å²) in [6, 6.07) is 0. The molecule has 0 unspecified atom stereocenters. The summed E-state index contributed by atoms with van der Waals surface area (Å²) in [6.07, 6.45) is -10.6. The molecule has 0 saturated heterocycles. The number of hydrogen-bond acceptors (Lipinski definition) is 8. The predicted molar refractivity (Wildman–Crippen MR) is 100 cm³/mol. The molecule has 0 saturated carbocycles. The number of rotatable bonds is 3. The average molecular weight is 538 g/mol. The fourth-order valence-corrected chi connectivity index (χ4v) is 1.02. The zero-order valence-corrected chi connectivity index (χ0v) is 21.2. The monoisotopic (exact) mass is 538 g/mol. The van der Waals surface area contributed by atoms with Gasteiger partial charge < -0.3 is 31.7 Å². The van der Waals surface area contributed by atoms with Crippen LogP contribution in [-0.4, -0.2) is 72.7 Å². The molecule has 1 rings (SSSR count). The topological polar surface area (TPSA) is 214 Å². The van der Waals surface area contributed by atoms with E-state index in [0.29, 0.717) is 0 Å². The zero-order valence-electron chi connectivity index (χ0n) is 19.2. The number of ether oxygens (including phenoxy) is 1. The minimum absolute atomic E-state index is 0. The van der Waals surface area contributed by atoms with Gasteiger partial charge in [0.1, 0.15) is 12.8 Å². The van der Waals surface area contributed by atoms with Gasteiger partial charge in [0.05, 0.1) is 6.61 Å². The third-order valence-corrected chi connectivity index (χ3v) is 1.93. The molecule has 35 heavy (non-hydrogen) atoms. The van der Waals surface area contributed by atoms with Gasteiger partial charge in [0.15, 0.2) is 0 Å². The van der Waals surface area contributed by atoms with Gasteiger partial charge in [0.2, 0.25) is 23.6 Å². The Bertz CT molecular complexity index is 674. The van der Waals surface area contributed by atoms with Gasteiger partial charge in [-0.1, -0.05) is 6.92 Å². The summed E-state index contributed by atoms with van der Waals surface area (Å²) in [5.41, 5.74) is 9.11. The molecule has 19 heteroatoms. The number of carbonyl (C=O) groups excluding carboxylic acids is 5. The first-order chi connectivity index (χ1) is 15.3. The summed E-state index contributed by atoms with van der Waals surface area (Å²) in [6.45, 7) is 4.56. The van der Waals surface area contributed by atoms with E-state index < -0.39 is 54.2 Å². The van der Waals surface area contributed by atoms with Crippen LogP contribution in [-0.2, 0) is 28.7 Å². The quantitative estimate of drug-likeness (QED) is 0.119. The molecule has 1 aliphatic heterocycles. The summed E-state index contributed by atoms with van der Waals surface area (Å²) in [7, 11) is 0. The number of nitrogens with one attached hydrogen (secondary N) is 1. The standard InChI is InChI=1S/C5H3F3N2O2.C4H5F3O2.C3H6N2O2.C2H6O.C2H5O.Na/c6-5(7,8)4-9-2(11)1-3(12)10-4;1-2-9-3(8)4(5,6)7;4-2(6)1-3(5)7;2*1-2-3;/h1H2,(H,9,10,11,12);2H2,1H3;1H2,(H2,4,6)(H2,5,7);3H,2H2,1H3;2H2,1H3;/q;;;;-1;+1. The van der Waals surface area contributed by atoms with Crippen molar-refractivity contribution in [3.05, 3.63) is 0 Å². The first kappa shape index (κ1) is 42.8. The van der Waals surface area contributed by atoms with E-state index in [1.165, 1.54) is 12.2 Å². The van der Waals surface area contributed by atoms with Gasteiger partial charge in [0, 0.05) is 6.61 Å². The average Bonchev–Trinajstić information content (AvgIpc) is 2.61. The zero-order chi connectivity index (χ0) is 28.1. The molecular formula is C16H25F6N4NaO8. The van der Waals surface area contributed by atoms with E-state index in [0.717, 1.165) is 0 Å². The van der Waals surface area contributed by atoms with Crippen LogP contribution >= 0.6 is 0 Å². The number of hydrogen-bond donors (Lipinski definition) is 4. The van der Waals surface area contributed by atoms with Crippen LogP contribution in [0.4, 0.5) is 26.3 Å². The van der Waals surface area contributed by atoms with Crippen molar-refractivity contribution in [2.75, 3.05) is 19.8 Å². The Morgan fingerprint density at radius 3 is 1.60 bits per heavy atom. The fraction of sp³-hybridized carbons (Fsp3) is 0.625. The second-order valence-corrected chi connectivity index (χ2v) is 5.01. The first-order valence-corrected chi connectivity index (χ1v) is 8.81. The molecule has 4 amide bonds. The molecule has 0 fully saturated rings. The van der Waals surface area contributed by atoms with Gasteiger partial charge in [-0.05, 0) is 13.8 Å². The van der Waals surface area contributed by atoms with Crippen molar-refractivity contribution in [1.29, 1.82) is 0 Å². The summed E-state index contributed by atoms with van der Waals surface area (Å²) in [5.74, 6) is -7.11. The third kappa shape index (κ3) is 34.0. The summed E-state index contributed by atoms with van der Waals surface area (Å²) >= 11 is 0. The van der Waals surface area contributed by atoms with Gasteiger partial charge in [-0.15, -0.1) is 6.61 Å². The molecule has 0 atom stereocenters. The number of halogens is 6. The molecule has 0 aliphatic carbocycles. The van der Waals surface area contributed by atoms with Crippen LogP contribution in [0.2, 0.25) is 0 Å². The second kappa shape index (κ2) is 23.5. The molecular weight excluding hydrogens is 513 g/mol. The molecule has 0 radical (unpaired) electrons. The number of esters is 1. The first-order valence-electron chi connectivity index (χ1n) is 8.81. The smallest absolute Gasteiger partial charge is 0.855 e. The van der Waals surface area contributed by atoms with Crippen LogP contribution in [0.5, 0.6) is 0 Å². The van der Waals surface area contributed by atoms with Gasteiger partial charge in [-0.3, -0.25) is 19.2 Å². The minimum Gasteiger partial charge on any atom is -0.855 e. The minimum atomic E-state index is -4.85. The van der Waals surface area contributed by atoms with Crippen molar-refractivity contribution in [1.82, 2.24) is 5.32 Å².